The molecule has 5 nitrogen and oxygen atoms in total. The number of imidazole rings is 1. The minimum absolute atomic E-state index is 0.0374. The summed E-state index contributed by atoms with van der Waals surface area (Å²) in [4.78, 5) is 16.9. The normalized spacial score (nSPS) is 11.0. The summed E-state index contributed by atoms with van der Waals surface area (Å²) in [5.74, 6) is 0.274. The van der Waals surface area contributed by atoms with Crippen molar-refractivity contribution in [3.63, 3.8) is 0 Å². The number of anilines is 1. The van der Waals surface area contributed by atoms with Crippen LogP contribution in [-0.4, -0.2) is 34.9 Å². The molecule has 2 aromatic carbocycles. The first kappa shape index (κ1) is 18.5. The summed E-state index contributed by atoms with van der Waals surface area (Å²) < 4.78 is 7.31. The van der Waals surface area contributed by atoms with E-state index >= 15 is 0 Å². The third kappa shape index (κ3) is 4.45. The van der Waals surface area contributed by atoms with Crippen LogP contribution >= 0.6 is 11.8 Å². The first-order chi connectivity index (χ1) is 12.7. The minimum atomic E-state index is -0.0374. The number of rotatable bonds is 8. The van der Waals surface area contributed by atoms with Crippen LogP contribution in [0.3, 0.4) is 0 Å². The molecule has 0 saturated carbocycles. The molecule has 0 aliphatic rings. The summed E-state index contributed by atoms with van der Waals surface area (Å²) in [6, 6.07) is 15.9. The van der Waals surface area contributed by atoms with Gasteiger partial charge in [0.25, 0.3) is 0 Å². The molecule has 0 unspecified atom stereocenters. The van der Waals surface area contributed by atoms with Gasteiger partial charge in [-0.3, -0.25) is 4.79 Å². The SMILES string of the molecule is CCc1ccc(NC(=O)CSc2nc3ccccc3n2CCOC)cc1. The first-order valence-electron chi connectivity index (χ1n) is 8.67. The van der Waals surface area contributed by atoms with Gasteiger partial charge in [0.05, 0.1) is 23.4 Å². The zero-order valence-electron chi connectivity index (χ0n) is 15.1. The molecule has 0 atom stereocenters. The maximum Gasteiger partial charge on any atom is 0.234 e. The molecule has 1 amide bonds. The number of carbonyl (C=O) groups is 1. The minimum Gasteiger partial charge on any atom is -0.383 e. The number of para-hydroxylation sites is 2. The number of benzene rings is 2. The number of aromatic nitrogens is 2. The fourth-order valence-corrected chi connectivity index (χ4v) is 3.55. The molecule has 0 saturated heterocycles. The van der Waals surface area contributed by atoms with Crippen molar-refractivity contribution in [1.82, 2.24) is 9.55 Å². The molecule has 1 aromatic heterocycles. The fraction of sp³-hybridized carbons (Fsp3) is 0.300. The van der Waals surface area contributed by atoms with E-state index in [9.17, 15) is 4.79 Å². The first-order valence-corrected chi connectivity index (χ1v) is 9.65. The van der Waals surface area contributed by atoms with Gasteiger partial charge in [-0.15, -0.1) is 0 Å². The summed E-state index contributed by atoms with van der Waals surface area (Å²) in [6.07, 6.45) is 0.988. The van der Waals surface area contributed by atoms with Gasteiger partial charge in [-0.1, -0.05) is 43.0 Å². The molecule has 0 aliphatic carbocycles. The molecule has 0 bridgehead atoms. The number of carbonyl (C=O) groups excluding carboxylic acids is 1. The van der Waals surface area contributed by atoms with Crippen LogP contribution in [0.1, 0.15) is 12.5 Å². The van der Waals surface area contributed by atoms with Gasteiger partial charge in [0.1, 0.15) is 0 Å². The van der Waals surface area contributed by atoms with Crippen LogP contribution in [0.15, 0.2) is 53.7 Å². The molecule has 1 heterocycles. The van der Waals surface area contributed by atoms with Crippen LogP contribution in [0.5, 0.6) is 0 Å². The Morgan fingerprint density at radius 2 is 1.96 bits per heavy atom. The van der Waals surface area contributed by atoms with Gasteiger partial charge in [0.2, 0.25) is 5.91 Å². The number of methoxy groups -OCH3 is 1. The Bertz CT molecular complexity index is 874. The van der Waals surface area contributed by atoms with Crippen LogP contribution in [-0.2, 0) is 22.5 Å². The predicted octanol–water partition coefficient (Wildman–Crippen LogP) is 3.98. The highest BCUT2D eigenvalue weighted by molar-refractivity contribution is 7.99. The molecule has 3 rings (SSSR count). The lowest BCUT2D eigenvalue weighted by atomic mass is 10.1. The van der Waals surface area contributed by atoms with Crippen molar-refractivity contribution in [1.29, 1.82) is 0 Å². The molecule has 0 aliphatic heterocycles. The van der Waals surface area contributed by atoms with E-state index in [0.717, 1.165) is 28.3 Å². The number of hydrogen-bond acceptors (Lipinski definition) is 4. The summed E-state index contributed by atoms with van der Waals surface area (Å²) >= 11 is 1.44. The average molecular weight is 369 g/mol. The number of aryl methyl sites for hydroxylation is 1. The summed E-state index contributed by atoms with van der Waals surface area (Å²) in [7, 11) is 1.68. The van der Waals surface area contributed by atoms with Gasteiger partial charge in [-0.05, 0) is 36.2 Å². The van der Waals surface area contributed by atoms with Crippen molar-refractivity contribution in [2.75, 3.05) is 24.8 Å². The number of thioether (sulfide) groups is 1. The Kier molecular flexibility index (Phi) is 6.30. The second-order valence-electron chi connectivity index (χ2n) is 5.91. The van der Waals surface area contributed by atoms with E-state index in [1.54, 1.807) is 7.11 Å². The topological polar surface area (TPSA) is 56.2 Å². The Hall–Kier alpha value is -2.31. The Morgan fingerprint density at radius 3 is 2.69 bits per heavy atom. The molecule has 0 fully saturated rings. The highest BCUT2D eigenvalue weighted by Crippen LogP contribution is 2.24. The van der Waals surface area contributed by atoms with Gasteiger partial charge in [0.15, 0.2) is 5.16 Å². The molecular weight excluding hydrogens is 346 g/mol. The van der Waals surface area contributed by atoms with Gasteiger partial charge < -0.3 is 14.6 Å². The molecule has 136 valence electrons. The van der Waals surface area contributed by atoms with Gasteiger partial charge in [-0.2, -0.15) is 0 Å². The van der Waals surface area contributed by atoms with Gasteiger partial charge >= 0.3 is 0 Å². The fourth-order valence-electron chi connectivity index (χ4n) is 2.71. The van der Waals surface area contributed by atoms with Crippen LogP contribution < -0.4 is 5.32 Å². The van der Waals surface area contributed by atoms with E-state index < -0.39 is 0 Å². The zero-order chi connectivity index (χ0) is 18.4. The lowest BCUT2D eigenvalue weighted by Crippen LogP contribution is -2.15. The number of hydrogen-bond donors (Lipinski definition) is 1. The number of fused-ring (bicyclic) bond motifs is 1. The maximum absolute atomic E-state index is 12.3. The molecule has 3 aromatic rings. The quantitative estimate of drug-likeness (QED) is 0.610. The lowest BCUT2D eigenvalue weighted by molar-refractivity contribution is -0.113. The van der Waals surface area contributed by atoms with E-state index in [1.165, 1.54) is 17.3 Å². The predicted molar refractivity (Wildman–Crippen MR) is 107 cm³/mol. The Balaban J connectivity index is 1.67. The third-order valence-corrected chi connectivity index (χ3v) is 5.09. The Labute approximate surface area is 157 Å². The monoisotopic (exact) mass is 369 g/mol. The molecular formula is C20H23N3O2S. The van der Waals surface area contributed by atoms with Gasteiger partial charge in [-0.25, -0.2) is 4.98 Å². The number of nitrogens with zero attached hydrogens (tertiary/aromatic N) is 2. The second-order valence-corrected chi connectivity index (χ2v) is 6.86. The van der Waals surface area contributed by atoms with E-state index in [0.29, 0.717) is 18.9 Å². The molecule has 0 radical (unpaired) electrons. The standard InChI is InChI=1S/C20H23N3O2S/c1-3-15-8-10-16(11-9-15)21-19(24)14-26-20-22-17-6-4-5-7-18(17)23(20)12-13-25-2/h4-11H,3,12-14H2,1-2H3,(H,21,24). The molecule has 1 N–H and O–H groups in total. The third-order valence-electron chi connectivity index (χ3n) is 4.12. The van der Waals surface area contributed by atoms with Crippen molar-refractivity contribution in [3.8, 4) is 0 Å². The van der Waals surface area contributed by atoms with Crippen molar-refractivity contribution in [2.45, 2.75) is 25.0 Å². The molecule has 0 spiro atoms. The molecule has 26 heavy (non-hydrogen) atoms. The van der Waals surface area contributed by atoms with E-state index in [-0.39, 0.29) is 5.91 Å². The van der Waals surface area contributed by atoms with E-state index in [2.05, 4.69) is 21.8 Å². The maximum atomic E-state index is 12.3. The highest BCUT2D eigenvalue weighted by Gasteiger charge is 2.13. The average Bonchev–Trinajstić information content (AvgIpc) is 3.03. The van der Waals surface area contributed by atoms with Crippen molar-refractivity contribution in [3.05, 3.63) is 54.1 Å². The van der Waals surface area contributed by atoms with Crippen molar-refractivity contribution >= 4 is 34.4 Å². The highest BCUT2D eigenvalue weighted by atomic mass is 32.2. The van der Waals surface area contributed by atoms with Crippen LogP contribution in [0.4, 0.5) is 5.69 Å². The second kappa shape index (κ2) is 8.87. The lowest BCUT2D eigenvalue weighted by Gasteiger charge is -2.09. The Morgan fingerprint density at radius 1 is 1.19 bits per heavy atom. The van der Waals surface area contributed by atoms with Crippen molar-refractivity contribution in [2.24, 2.45) is 0 Å². The number of ether oxygens (including phenoxy) is 1. The van der Waals surface area contributed by atoms with Crippen LogP contribution in [0.2, 0.25) is 0 Å². The molecule has 6 heteroatoms. The number of amides is 1. The summed E-state index contributed by atoms with van der Waals surface area (Å²) in [5, 5.41) is 3.77. The van der Waals surface area contributed by atoms with Crippen LogP contribution in [0.25, 0.3) is 11.0 Å². The largest absolute Gasteiger partial charge is 0.383 e. The van der Waals surface area contributed by atoms with Crippen molar-refractivity contribution < 1.29 is 9.53 Å². The van der Waals surface area contributed by atoms with E-state index in [4.69, 9.17) is 4.74 Å². The van der Waals surface area contributed by atoms with Crippen LogP contribution in [0, 0.1) is 0 Å². The zero-order valence-corrected chi connectivity index (χ0v) is 15.9. The summed E-state index contributed by atoms with van der Waals surface area (Å²) in [6.45, 7) is 3.42. The summed E-state index contributed by atoms with van der Waals surface area (Å²) in [5.41, 5.74) is 4.06. The van der Waals surface area contributed by atoms with E-state index in [1.807, 2.05) is 48.5 Å². The van der Waals surface area contributed by atoms with Gasteiger partial charge in [0, 0.05) is 19.3 Å². The smallest absolute Gasteiger partial charge is 0.234 e. The number of nitrogens with one attached hydrogen (secondary N) is 1.